The molecule has 33 heavy (non-hydrogen) atoms. The van der Waals surface area contributed by atoms with Gasteiger partial charge in [-0.3, -0.25) is 0 Å². The van der Waals surface area contributed by atoms with E-state index in [1.165, 1.54) is 0 Å². The first-order chi connectivity index (χ1) is 15.6. The van der Waals surface area contributed by atoms with E-state index in [0.717, 1.165) is 22.5 Å². The van der Waals surface area contributed by atoms with Crippen molar-refractivity contribution in [2.75, 3.05) is 19.8 Å². The zero-order valence-corrected chi connectivity index (χ0v) is 20.0. The smallest absolute Gasteiger partial charge is 0.407 e. The number of aliphatic hydroxyl groups is 3. The molecule has 0 saturated carbocycles. The van der Waals surface area contributed by atoms with Crippen molar-refractivity contribution in [2.24, 2.45) is 0 Å². The molecule has 9 heteroatoms. The lowest BCUT2D eigenvalue weighted by Gasteiger charge is -2.40. The summed E-state index contributed by atoms with van der Waals surface area (Å²) in [6, 6.07) is 7.82. The zero-order chi connectivity index (χ0) is 24.5. The first-order valence-corrected chi connectivity index (χ1v) is 11.2. The number of allylic oxidation sites excluding steroid dienone is 1. The molecule has 1 aliphatic heterocycles. The Morgan fingerprint density at radius 1 is 1.09 bits per heavy atom. The van der Waals surface area contributed by atoms with Gasteiger partial charge in [0, 0.05) is 6.54 Å². The van der Waals surface area contributed by atoms with Gasteiger partial charge in [0.05, 0.1) is 12.7 Å². The maximum Gasteiger partial charge on any atom is 0.407 e. The molecule has 0 aliphatic carbocycles. The van der Waals surface area contributed by atoms with Gasteiger partial charge in [0.15, 0.2) is 6.29 Å². The van der Waals surface area contributed by atoms with Crippen molar-refractivity contribution in [3.8, 4) is 5.75 Å². The summed E-state index contributed by atoms with van der Waals surface area (Å²) in [7, 11) is 0. The lowest BCUT2D eigenvalue weighted by molar-refractivity contribution is -0.298. The number of amides is 1. The van der Waals surface area contributed by atoms with Gasteiger partial charge in [0.2, 0.25) is 0 Å². The molecule has 1 unspecified atom stereocenters. The summed E-state index contributed by atoms with van der Waals surface area (Å²) < 4.78 is 22.1. The van der Waals surface area contributed by atoms with E-state index in [4.69, 9.17) is 18.9 Å². The molecule has 1 aromatic carbocycles. The largest absolute Gasteiger partial charge is 0.491 e. The van der Waals surface area contributed by atoms with Crippen LogP contribution in [0.3, 0.4) is 0 Å². The summed E-state index contributed by atoms with van der Waals surface area (Å²) in [5, 5.41) is 33.2. The van der Waals surface area contributed by atoms with Crippen LogP contribution in [0.4, 0.5) is 4.79 Å². The summed E-state index contributed by atoms with van der Waals surface area (Å²) >= 11 is 0. The molecule has 0 radical (unpaired) electrons. The lowest BCUT2D eigenvalue weighted by atomic mass is 9.99. The molecule has 1 fully saturated rings. The second-order valence-electron chi connectivity index (χ2n) is 8.55. The average Bonchev–Trinajstić information content (AvgIpc) is 2.76. The third-order valence-electron chi connectivity index (χ3n) is 5.21. The van der Waals surface area contributed by atoms with Gasteiger partial charge in [0.1, 0.15) is 36.8 Å². The minimum Gasteiger partial charge on any atom is -0.491 e. The molecule has 1 aromatic rings. The normalized spacial score (nSPS) is 24.9. The molecule has 0 aromatic heterocycles. The number of rotatable bonds is 10. The van der Waals surface area contributed by atoms with E-state index in [2.05, 4.69) is 5.32 Å². The predicted octanol–water partition coefficient (Wildman–Crippen LogP) is 1.92. The number of nitrogens with one attached hydrogen (secondary N) is 1. The third-order valence-corrected chi connectivity index (χ3v) is 5.21. The SMILES string of the molecule is CCNC(=O)OC[C@H]1O[C@@H](OCC(Cc2ccc(OC(C)C)cc2)=C(C)C)[C@H](O)C(O)[C@@H]1O. The molecular formula is C24H37NO8. The Kier molecular flexibility index (Phi) is 10.6. The fourth-order valence-electron chi connectivity index (χ4n) is 3.30. The lowest BCUT2D eigenvalue weighted by Crippen LogP contribution is -2.59. The number of carbonyl (C=O) groups is 1. The number of hydrogen-bond acceptors (Lipinski definition) is 8. The van der Waals surface area contributed by atoms with E-state index in [-0.39, 0.29) is 19.3 Å². The van der Waals surface area contributed by atoms with Crippen molar-refractivity contribution in [3.05, 3.63) is 41.0 Å². The Hall–Kier alpha value is -2.17. The number of alkyl carbamates (subject to hydrolysis) is 1. The highest BCUT2D eigenvalue weighted by Gasteiger charge is 2.44. The van der Waals surface area contributed by atoms with Gasteiger partial charge in [-0.2, -0.15) is 0 Å². The van der Waals surface area contributed by atoms with Gasteiger partial charge in [0.25, 0.3) is 0 Å². The maximum absolute atomic E-state index is 11.5. The van der Waals surface area contributed by atoms with Crippen LogP contribution in [0.1, 0.15) is 40.2 Å². The third kappa shape index (κ3) is 8.28. The summed E-state index contributed by atoms with van der Waals surface area (Å²) in [6.45, 7) is 9.87. The van der Waals surface area contributed by atoms with Crippen LogP contribution >= 0.6 is 0 Å². The maximum atomic E-state index is 11.5. The van der Waals surface area contributed by atoms with Crippen LogP contribution < -0.4 is 10.1 Å². The van der Waals surface area contributed by atoms with E-state index in [1.54, 1.807) is 6.92 Å². The van der Waals surface area contributed by atoms with Crippen molar-refractivity contribution in [3.63, 3.8) is 0 Å². The van der Waals surface area contributed by atoms with Crippen molar-refractivity contribution >= 4 is 6.09 Å². The Labute approximate surface area is 195 Å². The van der Waals surface area contributed by atoms with E-state index in [0.29, 0.717) is 13.0 Å². The van der Waals surface area contributed by atoms with Crippen molar-refractivity contribution in [1.29, 1.82) is 0 Å². The number of ether oxygens (including phenoxy) is 4. The van der Waals surface area contributed by atoms with Crippen LogP contribution in [-0.4, -0.2) is 78.0 Å². The summed E-state index contributed by atoms with van der Waals surface area (Å²) in [4.78, 5) is 11.5. The summed E-state index contributed by atoms with van der Waals surface area (Å²) in [5.74, 6) is 0.802. The van der Waals surface area contributed by atoms with Crippen LogP contribution in [-0.2, 0) is 20.6 Å². The van der Waals surface area contributed by atoms with Crippen LogP contribution in [0.5, 0.6) is 5.75 Å². The quantitative estimate of drug-likeness (QED) is 0.385. The van der Waals surface area contributed by atoms with E-state index in [9.17, 15) is 20.1 Å². The monoisotopic (exact) mass is 467 g/mol. The molecule has 1 amide bonds. The van der Waals surface area contributed by atoms with Gasteiger partial charge < -0.3 is 39.6 Å². The van der Waals surface area contributed by atoms with Crippen molar-refractivity contribution < 1.29 is 39.1 Å². The highest BCUT2D eigenvalue weighted by Crippen LogP contribution is 2.24. The van der Waals surface area contributed by atoms with Crippen LogP contribution in [0, 0.1) is 0 Å². The fraction of sp³-hybridized carbons (Fsp3) is 0.625. The van der Waals surface area contributed by atoms with Gasteiger partial charge in [-0.25, -0.2) is 4.79 Å². The van der Waals surface area contributed by atoms with Crippen molar-refractivity contribution in [2.45, 2.75) is 77.8 Å². The topological polar surface area (TPSA) is 127 Å². The zero-order valence-electron chi connectivity index (χ0n) is 20.0. The number of hydrogen-bond donors (Lipinski definition) is 4. The molecule has 1 saturated heterocycles. The molecule has 0 bridgehead atoms. The van der Waals surface area contributed by atoms with Gasteiger partial charge in [-0.1, -0.05) is 17.7 Å². The van der Waals surface area contributed by atoms with Crippen molar-refractivity contribution in [1.82, 2.24) is 5.32 Å². The Bertz CT molecular complexity index is 775. The second-order valence-corrected chi connectivity index (χ2v) is 8.55. The highest BCUT2D eigenvalue weighted by molar-refractivity contribution is 5.66. The van der Waals surface area contributed by atoms with Gasteiger partial charge in [-0.05, 0) is 64.3 Å². The molecule has 5 atom stereocenters. The average molecular weight is 468 g/mol. The molecular weight excluding hydrogens is 430 g/mol. The fourth-order valence-corrected chi connectivity index (χ4v) is 3.30. The van der Waals surface area contributed by atoms with Crippen LogP contribution in [0.25, 0.3) is 0 Å². The van der Waals surface area contributed by atoms with Gasteiger partial charge in [-0.15, -0.1) is 0 Å². The molecule has 1 aliphatic rings. The molecule has 0 spiro atoms. The Balaban J connectivity index is 1.98. The first kappa shape index (κ1) is 27.1. The van der Waals surface area contributed by atoms with E-state index in [1.807, 2.05) is 52.0 Å². The first-order valence-electron chi connectivity index (χ1n) is 11.2. The van der Waals surface area contributed by atoms with E-state index >= 15 is 0 Å². The molecule has 186 valence electrons. The highest BCUT2D eigenvalue weighted by atomic mass is 16.7. The van der Waals surface area contributed by atoms with E-state index < -0.39 is 36.8 Å². The summed E-state index contributed by atoms with van der Waals surface area (Å²) in [5.41, 5.74) is 3.11. The van der Waals surface area contributed by atoms with Crippen LogP contribution in [0.2, 0.25) is 0 Å². The minimum atomic E-state index is -1.50. The number of benzene rings is 1. The van der Waals surface area contributed by atoms with Crippen LogP contribution in [0.15, 0.2) is 35.4 Å². The Morgan fingerprint density at radius 2 is 1.76 bits per heavy atom. The molecule has 9 nitrogen and oxygen atoms in total. The number of aliphatic hydroxyl groups excluding tert-OH is 3. The Morgan fingerprint density at radius 3 is 2.33 bits per heavy atom. The number of carbonyl (C=O) groups excluding carboxylic acids is 1. The summed E-state index contributed by atoms with van der Waals surface area (Å²) in [6.07, 6.45) is -6.55. The van der Waals surface area contributed by atoms with Gasteiger partial charge >= 0.3 is 6.09 Å². The second kappa shape index (κ2) is 12.9. The standard InChI is InChI=1S/C24H37NO8/c1-6-25-24(29)31-13-19-20(26)21(27)22(28)23(33-19)30-12-17(14(2)3)11-16-7-9-18(10-8-16)32-15(4)5/h7-10,15,19-23,26-28H,6,11-13H2,1-5H3,(H,25,29)/t19-,20-,21?,22-,23-/m1/s1. The molecule has 4 N–H and O–H groups in total. The molecule has 2 rings (SSSR count). The molecule has 1 heterocycles. The predicted molar refractivity (Wildman–Crippen MR) is 122 cm³/mol. The minimum absolute atomic E-state index is 0.101.